The maximum absolute atomic E-state index is 11.5. The van der Waals surface area contributed by atoms with Crippen molar-refractivity contribution in [2.75, 3.05) is 13.2 Å². The summed E-state index contributed by atoms with van der Waals surface area (Å²) in [6.07, 6.45) is -2.69. The molecule has 1 fully saturated rings. The van der Waals surface area contributed by atoms with Gasteiger partial charge >= 0.3 is 6.18 Å². The molecular formula is C6H10F3NO. The first-order valence-corrected chi connectivity index (χ1v) is 3.35. The molecule has 0 aromatic carbocycles. The van der Waals surface area contributed by atoms with E-state index in [0.717, 1.165) is 12.8 Å². The fourth-order valence-electron chi connectivity index (χ4n) is 0.675. The molecule has 0 unspecified atom stereocenters. The van der Waals surface area contributed by atoms with Crippen LogP contribution in [0.2, 0.25) is 0 Å². The lowest BCUT2D eigenvalue weighted by Gasteiger charge is -2.10. The van der Waals surface area contributed by atoms with Gasteiger partial charge in [0.2, 0.25) is 0 Å². The Bertz CT molecular complexity index is 136. The second-order valence-corrected chi connectivity index (χ2v) is 2.97. The Morgan fingerprint density at radius 3 is 2.27 bits per heavy atom. The van der Waals surface area contributed by atoms with E-state index < -0.39 is 18.3 Å². The number of alkyl halides is 3. The zero-order valence-corrected chi connectivity index (χ0v) is 5.95. The molecule has 1 saturated carbocycles. The van der Waals surface area contributed by atoms with Gasteiger partial charge in [0.15, 0.2) is 0 Å². The number of rotatable bonds is 3. The van der Waals surface area contributed by atoms with Crippen LogP contribution in [-0.4, -0.2) is 24.9 Å². The van der Waals surface area contributed by atoms with Crippen molar-refractivity contribution in [1.29, 1.82) is 0 Å². The van der Waals surface area contributed by atoms with Gasteiger partial charge in [-0.15, -0.1) is 0 Å². The molecule has 0 aromatic rings. The van der Waals surface area contributed by atoms with Crippen LogP contribution in [0.4, 0.5) is 13.2 Å². The minimum atomic E-state index is -4.23. The fourth-order valence-corrected chi connectivity index (χ4v) is 0.675. The minimum absolute atomic E-state index is 0.0203. The Balaban J connectivity index is 2.05. The van der Waals surface area contributed by atoms with Crippen LogP contribution in [0.3, 0.4) is 0 Å². The lowest BCUT2D eigenvalue weighted by atomic mass is 10.3. The van der Waals surface area contributed by atoms with Crippen molar-refractivity contribution in [2.45, 2.75) is 24.6 Å². The van der Waals surface area contributed by atoms with E-state index in [1.54, 1.807) is 0 Å². The van der Waals surface area contributed by atoms with Gasteiger partial charge in [0, 0.05) is 5.54 Å². The smallest absolute Gasteiger partial charge is 0.370 e. The normalized spacial score (nSPS) is 21.8. The van der Waals surface area contributed by atoms with Crippen molar-refractivity contribution in [3.63, 3.8) is 0 Å². The Labute approximate surface area is 62.5 Å². The number of hydrogen-bond donors (Lipinski definition) is 1. The van der Waals surface area contributed by atoms with Crippen LogP contribution in [0.25, 0.3) is 0 Å². The molecule has 1 aliphatic rings. The van der Waals surface area contributed by atoms with Crippen LogP contribution < -0.4 is 5.73 Å². The Morgan fingerprint density at radius 1 is 1.36 bits per heavy atom. The summed E-state index contributed by atoms with van der Waals surface area (Å²) in [6.45, 7) is -1.17. The topological polar surface area (TPSA) is 35.2 Å². The summed E-state index contributed by atoms with van der Waals surface area (Å²) in [5.74, 6) is 0. The molecule has 0 aromatic heterocycles. The molecule has 11 heavy (non-hydrogen) atoms. The van der Waals surface area contributed by atoms with Crippen molar-refractivity contribution in [1.82, 2.24) is 0 Å². The van der Waals surface area contributed by atoms with Crippen molar-refractivity contribution >= 4 is 0 Å². The summed E-state index contributed by atoms with van der Waals surface area (Å²) in [7, 11) is 0. The first-order valence-electron chi connectivity index (χ1n) is 3.35. The highest BCUT2D eigenvalue weighted by Crippen LogP contribution is 2.32. The Kier molecular flexibility index (Phi) is 2.11. The predicted molar refractivity (Wildman–Crippen MR) is 33.0 cm³/mol. The van der Waals surface area contributed by atoms with Gasteiger partial charge in [-0.1, -0.05) is 0 Å². The standard InChI is InChI=1S/C6H10F3NO/c7-6(8,9)4-11-3-5(10)1-2-5/h1-4,10H2. The van der Waals surface area contributed by atoms with Gasteiger partial charge in [0.1, 0.15) is 6.61 Å². The summed E-state index contributed by atoms with van der Waals surface area (Å²) in [6, 6.07) is 0. The highest BCUT2D eigenvalue weighted by Gasteiger charge is 2.39. The van der Waals surface area contributed by atoms with Crippen molar-refractivity contribution < 1.29 is 17.9 Å². The van der Waals surface area contributed by atoms with Crippen molar-refractivity contribution in [2.24, 2.45) is 5.73 Å². The number of hydrogen-bond acceptors (Lipinski definition) is 2. The van der Waals surface area contributed by atoms with E-state index in [1.165, 1.54) is 0 Å². The maximum Gasteiger partial charge on any atom is 0.411 e. The minimum Gasteiger partial charge on any atom is -0.370 e. The molecule has 1 aliphatic carbocycles. The first kappa shape index (κ1) is 8.80. The second-order valence-electron chi connectivity index (χ2n) is 2.97. The average Bonchev–Trinajstić information content (AvgIpc) is 2.44. The molecule has 0 bridgehead atoms. The molecule has 2 N–H and O–H groups in total. The maximum atomic E-state index is 11.5. The zero-order valence-electron chi connectivity index (χ0n) is 5.95. The van der Waals surface area contributed by atoms with Gasteiger partial charge < -0.3 is 10.5 Å². The van der Waals surface area contributed by atoms with E-state index in [9.17, 15) is 13.2 Å². The van der Waals surface area contributed by atoms with E-state index in [4.69, 9.17) is 5.73 Å². The molecule has 0 aliphatic heterocycles. The monoisotopic (exact) mass is 169 g/mol. The SMILES string of the molecule is NC1(COCC(F)(F)F)CC1. The van der Waals surface area contributed by atoms with Gasteiger partial charge in [-0.2, -0.15) is 13.2 Å². The van der Waals surface area contributed by atoms with Crippen molar-refractivity contribution in [3.05, 3.63) is 0 Å². The summed E-state index contributed by atoms with van der Waals surface area (Å²) in [5, 5.41) is 0. The molecular weight excluding hydrogens is 159 g/mol. The van der Waals surface area contributed by atoms with Crippen LogP contribution >= 0.6 is 0 Å². The third-order valence-electron chi connectivity index (χ3n) is 1.55. The summed E-state index contributed by atoms with van der Waals surface area (Å²) < 4.78 is 38.8. The van der Waals surface area contributed by atoms with Crippen LogP contribution in [0, 0.1) is 0 Å². The van der Waals surface area contributed by atoms with Gasteiger partial charge in [0.05, 0.1) is 6.61 Å². The second kappa shape index (κ2) is 2.64. The fraction of sp³-hybridized carbons (Fsp3) is 1.00. The highest BCUT2D eigenvalue weighted by molar-refractivity contribution is 4.98. The van der Waals surface area contributed by atoms with Crippen LogP contribution in [0.1, 0.15) is 12.8 Å². The number of nitrogens with two attached hydrogens (primary N) is 1. The highest BCUT2D eigenvalue weighted by atomic mass is 19.4. The molecule has 5 heteroatoms. The lowest BCUT2D eigenvalue weighted by Crippen LogP contribution is -2.30. The third-order valence-corrected chi connectivity index (χ3v) is 1.55. The largest absolute Gasteiger partial charge is 0.411 e. The van der Waals surface area contributed by atoms with E-state index in [2.05, 4.69) is 4.74 Å². The average molecular weight is 169 g/mol. The number of halogens is 3. The zero-order chi connectivity index (χ0) is 8.54. The van der Waals surface area contributed by atoms with Gasteiger partial charge in [-0.25, -0.2) is 0 Å². The number of ether oxygens (including phenoxy) is 1. The molecule has 1 rings (SSSR count). The summed E-state index contributed by atoms with van der Waals surface area (Å²) in [4.78, 5) is 0. The van der Waals surface area contributed by atoms with Crippen LogP contribution in [0.15, 0.2) is 0 Å². The summed E-state index contributed by atoms with van der Waals surface area (Å²) in [5.41, 5.74) is 5.03. The van der Waals surface area contributed by atoms with Crippen LogP contribution in [0.5, 0.6) is 0 Å². The molecule has 66 valence electrons. The molecule has 0 atom stereocenters. The van der Waals surface area contributed by atoms with E-state index in [-0.39, 0.29) is 6.61 Å². The quantitative estimate of drug-likeness (QED) is 0.685. The van der Waals surface area contributed by atoms with E-state index in [1.807, 2.05) is 0 Å². The predicted octanol–water partition coefficient (Wildman–Crippen LogP) is 1.06. The lowest BCUT2D eigenvalue weighted by molar-refractivity contribution is -0.175. The van der Waals surface area contributed by atoms with E-state index >= 15 is 0 Å². The van der Waals surface area contributed by atoms with Gasteiger partial charge in [-0.3, -0.25) is 0 Å². The molecule has 0 amide bonds. The molecule has 0 radical (unpaired) electrons. The van der Waals surface area contributed by atoms with Crippen molar-refractivity contribution in [3.8, 4) is 0 Å². The molecule has 2 nitrogen and oxygen atoms in total. The summed E-state index contributed by atoms with van der Waals surface area (Å²) >= 11 is 0. The molecule has 0 spiro atoms. The Morgan fingerprint density at radius 2 is 1.91 bits per heavy atom. The van der Waals surface area contributed by atoms with Gasteiger partial charge in [0.25, 0.3) is 0 Å². The van der Waals surface area contributed by atoms with Gasteiger partial charge in [-0.05, 0) is 12.8 Å². The molecule has 0 saturated heterocycles. The first-order chi connectivity index (χ1) is 4.91. The molecule has 0 heterocycles. The van der Waals surface area contributed by atoms with Crippen LogP contribution in [-0.2, 0) is 4.74 Å². The van der Waals surface area contributed by atoms with E-state index in [0.29, 0.717) is 0 Å². The third kappa shape index (κ3) is 3.57. The Hall–Kier alpha value is -0.290.